The van der Waals surface area contributed by atoms with Crippen LogP contribution in [0.5, 0.6) is 0 Å². The van der Waals surface area contributed by atoms with Crippen LogP contribution in [0.4, 0.5) is 0 Å². The molecule has 14 heavy (non-hydrogen) atoms. The predicted octanol–water partition coefficient (Wildman–Crippen LogP) is -0.322. The van der Waals surface area contributed by atoms with Gasteiger partial charge in [0.05, 0.1) is 0 Å². The third kappa shape index (κ3) is 1.30. The first-order chi connectivity index (χ1) is 6.70. The van der Waals surface area contributed by atoms with Crippen LogP contribution in [0.2, 0.25) is 0 Å². The normalized spacial score (nSPS) is 14.9. The Labute approximate surface area is 80.6 Å². The lowest BCUT2D eigenvalue weighted by molar-refractivity contribution is 0.0997. The third-order valence-corrected chi connectivity index (χ3v) is 2.43. The molecule has 0 saturated heterocycles. The topological polar surface area (TPSA) is 78.0 Å². The first kappa shape index (κ1) is 8.93. The van der Waals surface area contributed by atoms with Crippen LogP contribution in [0.1, 0.15) is 29.0 Å². The molecule has 0 aromatic carbocycles. The van der Waals surface area contributed by atoms with Crippen molar-refractivity contribution in [3.8, 4) is 0 Å². The number of carbonyl (C=O) groups excluding carboxylic acids is 1. The molecule has 0 unspecified atom stereocenters. The number of nitrogens with two attached hydrogens (primary N) is 1. The summed E-state index contributed by atoms with van der Waals surface area (Å²) in [6, 6.07) is 0. The number of primary amides is 1. The molecule has 1 aliphatic rings. The zero-order valence-corrected chi connectivity index (χ0v) is 7.69. The van der Waals surface area contributed by atoms with E-state index in [-0.39, 0.29) is 11.1 Å². The highest BCUT2D eigenvalue weighted by atomic mass is 16.2. The number of aryl methyl sites for hydroxylation is 1. The Morgan fingerprint density at radius 3 is 3.00 bits per heavy atom. The monoisotopic (exact) mass is 193 g/mol. The molecule has 0 bridgehead atoms. The van der Waals surface area contributed by atoms with Crippen molar-refractivity contribution in [3.63, 3.8) is 0 Å². The first-order valence-corrected chi connectivity index (χ1v) is 4.58. The lowest BCUT2D eigenvalue weighted by Crippen LogP contribution is -2.34. The largest absolute Gasteiger partial charge is 0.365 e. The van der Waals surface area contributed by atoms with Crippen molar-refractivity contribution in [1.82, 2.24) is 9.55 Å². The molecule has 0 spiro atoms. The van der Waals surface area contributed by atoms with Gasteiger partial charge in [0.2, 0.25) is 0 Å². The number of amides is 1. The fraction of sp³-hybridized carbons (Fsp3) is 0.444. The molecule has 5 heteroatoms. The zero-order valence-electron chi connectivity index (χ0n) is 7.69. The maximum atomic E-state index is 11.7. The van der Waals surface area contributed by atoms with Gasteiger partial charge in [0.1, 0.15) is 11.4 Å². The van der Waals surface area contributed by atoms with E-state index in [0.717, 1.165) is 25.1 Å². The average Bonchev–Trinajstić information content (AvgIpc) is 2.18. The number of fused-ring (bicyclic) bond motifs is 1. The smallest absolute Gasteiger partial charge is 0.266 e. The Hall–Kier alpha value is -1.65. The van der Waals surface area contributed by atoms with Crippen LogP contribution in [0, 0.1) is 0 Å². The molecule has 2 N–H and O–H groups in total. The van der Waals surface area contributed by atoms with Crippen LogP contribution >= 0.6 is 0 Å². The third-order valence-electron chi connectivity index (χ3n) is 2.43. The van der Waals surface area contributed by atoms with E-state index in [0.29, 0.717) is 6.54 Å². The van der Waals surface area contributed by atoms with Gasteiger partial charge >= 0.3 is 0 Å². The summed E-state index contributed by atoms with van der Waals surface area (Å²) in [6.45, 7) is 0.641. The van der Waals surface area contributed by atoms with Crippen LogP contribution in [-0.4, -0.2) is 15.5 Å². The Morgan fingerprint density at radius 2 is 2.29 bits per heavy atom. The molecule has 1 aromatic rings. The molecule has 0 aliphatic carbocycles. The minimum Gasteiger partial charge on any atom is -0.365 e. The van der Waals surface area contributed by atoms with Crippen LogP contribution < -0.4 is 11.3 Å². The molecule has 5 nitrogen and oxygen atoms in total. The van der Waals surface area contributed by atoms with Gasteiger partial charge in [-0.1, -0.05) is 0 Å². The summed E-state index contributed by atoms with van der Waals surface area (Å²) in [6.07, 6.45) is 4.08. The van der Waals surface area contributed by atoms with Crippen molar-refractivity contribution in [2.45, 2.75) is 25.8 Å². The molecular formula is C9H11N3O2. The van der Waals surface area contributed by atoms with Gasteiger partial charge in [0.25, 0.3) is 11.5 Å². The van der Waals surface area contributed by atoms with Gasteiger partial charge in [-0.05, 0) is 12.8 Å². The lowest BCUT2D eigenvalue weighted by Gasteiger charge is -2.16. The Bertz CT molecular complexity index is 436. The van der Waals surface area contributed by atoms with Gasteiger partial charge in [0, 0.05) is 19.2 Å². The summed E-state index contributed by atoms with van der Waals surface area (Å²) in [7, 11) is 0. The highest BCUT2D eigenvalue weighted by Crippen LogP contribution is 2.09. The van der Waals surface area contributed by atoms with E-state index in [1.165, 1.54) is 6.20 Å². The fourth-order valence-electron chi connectivity index (χ4n) is 1.68. The van der Waals surface area contributed by atoms with Gasteiger partial charge < -0.3 is 5.73 Å². The second-order valence-corrected chi connectivity index (χ2v) is 3.37. The molecular weight excluding hydrogens is 182 g/mol. The van der Waals surface area contributed by atoms with Crippen molar-refractivity contribution >= 4 is 5.91 Å². The molecule has 2 heterocycles. The van der Waals surface area contributed by atoms with Crippen LogP contribution in [-0.2, 0) is 13.0 Å². The van der Waals surface area contributed by atoms with E-state index < -0.39 is 5.91 Å². The van der Waals surface area contributed by atoms with E-state index in [1.807, 2.05) is 0 Å². The standard InChI is InChI=1S/C9H11N3O2/c10-8(13)6-5-11-7-3-1-2-4-12(7)9(6)14/h5H,1-4H2,(H2,10,13). The molecule has 0 saturated carbocycles. The molecule has 0 atom stereocenters. The van der Waals surface area contributed by atoms with Crippen LogP contribution in [0.3, 0.4) is 0 Å². The number of hydrogen-bond donors (Lipinski definition) is 1. The highest BCUT2D eigenvalue weighted by molar-refractivity contribution is 5.92. The summed E-state index contributed by atoms with van der Waals surface area (Å²) in [5.74, 6) is 0.0506. The highest BCUT2D eigenvalue weighted by Gasteiger charge is 2.16. The van der Waals surface area contributed by atoms with Crippen molar-refractivity contribution in [2.75, 3.05) is 0 Å². The van der Waals surface area contributed by atoms with Gasteiger partial charge in [0.15, 0.2) is 0 Å². The van der Waals surface area contributed by atoms with Gasteiger partial charge in [-0.25, -0.2) is 4.98 Å². The van der Waals surface area contributed by atoms with Gasteiger partial charge in [-0.3, -0.25) is 14.2 Å². The van der Waals surface area contributed by atoms with Crippen molar-refractivity contribution in [2.24, 2.45) is 5.73 Å². The van der Waals surface area contributed by atoms with Crippen LogP contribution in [0.25, 0.3) is 0 Å². The number of nitrogens with zero attached hydrogens (tertiary/aromatic N) is 2. The van der Waals surface area contributed by atoms with E-state index >= 15 is 0 Å². The summed E-state index contributed by atoms with van der Waals surface area (Å²) in [5, 5.41) is 0. The summed E-state index contributed by atoms with van der Waals surface area (Å²) in [5.41, 5.74) is 4.73. The van der Waals surface area contributed by atoms with E-state index in [2.05, 4.69) is 4.98 Å². The number of aromatic nitrogens is 2. The first-order valence-electron chi connectivity index (χ1n) is 4.58. The molecule has 1 aliphatic heterocycles. The maximum absolute atomic E-state index is 11.7. The Balaban J connectivity index is 2.60. The van der Waals surface area contributed by atoms with E-state index in [1.54, 1.807) is 4.57 Å². The molecule has 74 valence electrons. The predicted molar refractivity (Wildman–Crippen MR) is 50.0 cm³/mol. The van der Waals surface area contributed by atoms with E-state index in [4.69, 9.17) is 5.73 Å². The fourth-order valence-corrected chi connectivity index (χ4v) is 1.68. The SMILES string of the molecule is NC(=O)c1cnc2n(c1=O)CCCC2. The Kier molecular flexibility index (Phi) is 2.07. The maximum Gasteiger partial charge on any atom is 0.266 e. The molecule has 0 fully saturated rings. The lowest BCUT2D eigenvalue weighted by atomic mass is 10.1. The van der Waals surface area contributed by atoms with Crippen molar-refractivity contribution in [3.05, 3.63) is 27.9 Å². The van der Waals surface area contributed by atoms with Crippen molar-refractivity contribution in [1.29, 1.82) is 0 Å². The van der Waals surface area contributed by atoms with Crippen LogP contribution in [0.15, 0.2) is 11.0 Å². The molecule has 0 radical (unpaired) electrons. The molecule has 1 aromatic heterocycles. The minimum atomic E-state index is -0.705. The van der Waals surface area contributed by atoms with E-state index in [9.17, 15) is 9.59 Å². The minimum absolute atomic E-state index is 0.0179. The number of rotatable bonds is 1. The van der Waals surface area contributed by atoms with Gasteiger partial charge in [-0.2, -0.15) is 0 Å². The average molecular weight is 193 g/mol. The van der Waals surface area contributed by atoms with Crippen molar-refractivity contribution < 1.29 is 4.79 Å². The zero-order chi connectivity index (χ0) is 10.1. The summed E-state index contributed by atoms with van der Waals surface area (Å²) < 4.78 is 1.55. The number of carbonyl (C=O) groups is 1. The number of hydrogen-bond acceptors (Lipinski definition) is 3. The molecule has 2 rings (SSSR count). The van der Waals surface area contributed by atoms with Gasteiger partial charge in [-0.15, -0.1) is 0 Å². The second kappa shape index (κ2) is 3.25. The Morgan fingerprint density at radius 1 is 1.50 bits per heavy atom. The summed E-state index contributed by atoms with van der Waals surface area (Å²) >= 11 is 0. The quantitative estimate of drug-likeness (QED) is 0.663. The summed E-state index contributed by atoms with van der Waals surface area (Å²) in [4.78, 5) is 26.6. The molecule has 1 amide bonds. The second-order valence-electron chi connectivity index (χ2n) is 3.37.